The van der Waals surface area contributed by atoms with Crippen molar-refractivity contribution in [3.63, 3.8) is 0 Å². The summed E-state index contributed by atoms with van der Waals surface area (Å²) in [6, 6.07) is 0. The molecule has 0 aliphatic heterocycles. The van der Waals surface area contributed by atoms with Crippen LogP contribution in [-0.2, 0) is 28.6 Å². The standard InChI is InChI=1S/C61H96O6/c1-4-7-10-13-16-19-22-25-27-29-31-33-36-39-42-45-48-51-54-60(63)66-57-58(56-65-59(62)53-50-47-44-41-38-35-24-21-18-15-12-9-6-3)67-61(64)55-52-49-46-43-40-37-34-32-30-28-26-23-20-17-14-11-8-5-2/h9-10,12-13,15-16,18-19,21-22,24-25,27,29,31-35,38,41,44,58H,4-8,11,14,17,20,23,26,28,30,36-37,39-40,42-43,45-57H2,1-3H3/b12-9+,13-10+,18-15+,19-16+,24-21+,25-22+,29-27+,33-31+,34-32+,38-35+,44-41+. The average molecular weight is 925 g/mol. The molecule has 6 nitrogen and oxygen atoms in total. The maximum Gasteiger partial charge on any atom is 0.306 e. The Labute approximate surface area is 411 Å². The van der Waals surface area contributed by atoms with Gasteiger partial charge >= 0.3 is 17.9 Å². The molecule has 0 aromatic heterocycles. The number of unbranched alkanes of at least 4 members (excludes halogenated alkanes) is 21. The van der Waals surface area contributed by atoms with Crippen LogP contribution in [-0.4, -0.2) is 37.2 Å². The van der Waals surface area contributed by atoms with Gasteiger partial charge in [0, 0.05) is 19.3 Å². The molecule has 0 spiro atoms. The Balaban J connectivity index is 4.55. The molecular weight excluding hydrogens is 829 g/mol. The summed E-state index contributed by atoms with van der Waals surface area (Å²) in [5.74, 6) is -1.04. The zero-order valence-electron chi connectivity index (χ0n) is 42.9. The minimum Gasteiger partial charge on any atom is -0.462 e. The van der Waals surface area contributed by atoms with E-state index in [1.807, 2.05) is 91.1 Å². The lowest BCUT2D eigenvalue weighted by Gasteiger charge is -2.18. The van der Waals surface area contributed by atoms with E-state index in [-0.39, 0.29) is 37.5 Å². The van der Waals surface area contributed by atoms with Gasteiger partial charge in [0.2, 0.25) is 0 Å². The summed E-state index contributed by atoms with van der Waals surface area (Å²) in [6.45, 7) is 6.30. The molecule has 0 aromatic carbocycles. The van der Waals surface area contributed by atoms with Crippen molar-refractivity contribution in [1.29, 1.82) is 0 Å². The molecule has 0 amide bonds. The minimum atomic E-state index is -0.827. The van der Waals surface area contributed by atoms with Crippen LogP contribution < -0.4 is 0 Å². The molecule has 0 saturated heterocycles. The molecule has 0 fully saturated rings. The fraction of sp³-hybridized carbons (Fsp3) is 0.590. The van der Waals surface area contributed by atoms with E-state index >= 15 is 0 Å². The summed E-state index contributed by atoms with van der Waals surface area (Å²) in [7, 11) is 0. The van der Waals surface area contributed by atoms with Gasteiger partial charge in [0.25, 0.3) is 0 Å². The highest BCUT2D eigenvalue weighted by Gasteiger charge is 2.19. The number of allylic oxidation sites excluding steroid dienone is 22. The molecule has 0 rings (SSSR count). The quantitative estimate of drug-likeness (QED) is 0.0199. The predicted octanol–water partition coefficient (Wildman–Crippen LogP) is 17.9. The molecule has 1 atom stereocenters. The third-order valence-corrected chi connectivity index (χ3v) is 10.8. The predicted molar refractivity (Wildman–Crippen MR) is 288 cm³/mol. The Kier molecular flexibility index (Phi) is 50.6. The van der Waals surface area contributed by atoms with Gasteiger partial charge in [0.15, 0.2) is 6.10 Å². The second-order valence-corrected chi connectivity index (χ2v) is 17.3. The fourth-order valence-electron chi connectivity index (χ4n) is 6.85. The number of carbonyl (C=O) groups is 3. The Morgan fingerprint density at radius 1 is 0.313 bits per heavy atom. The third-order valence-electron chi connectivity index (χ3n) is 10.8. The SMILES string of the molecule is CC/C=C/C=C/C=C/C=C/C=C/CCCC(=O)OCC(COC(=O)CCCCCCC/C=C/C=C/C=C/C=C/C=C/CCC)OC(=O)CCCCCCC/C=C/CCCCCCCCCCC. The molecular formula is C61H96O6. The molecule has 1 unspecified atom stereocenters. The van der Waals surface area contributed by atoms with Gasteiger partial charge in [0.1, 0.15) is 13.2 Å². The number of ether oxygens (including phenoxy) is 3. The van der Waals surface area contributed by atoms with Crippen molar-refractivity contribution in [3.05, 3.63) is 134 Å². The van der Waals surface area contributed by atoms with E-state index in [4.69, 9.17) is 14.2 Å². The van der Waals surface area contributed by atoms with Gasteiger partial charge in [0.05, 0.1) is 0 Å². The molecule has 0 heterocycles. The molecule has 0 radical (unpaired) electrons. The van der Waals surface area contributed by atoms with Crippen LogP contribution in [0.25, 0.3) is 0 Å². The molecule has 376 valence electrons. The highest BCUT2D eigenvalue weighted by Crippen LogP contribution is 2.14. The lowest BCUT2D eigenvalue weighted by atomic mass is 10.1. The maximum atomic E-state index is 12.8. The van der Waals surface area contributed by atoms with E-state index in [1.54, 1.807) is 0 Å². The Morgan fingerprint density at radius 2 is 0.642 bits per heavy atom. The minimum absolute atomic E-state index is 0.122. The lowest BCUT2D eigenvalue weighted by Crippen LogP contribution is -2.30. The maximum absolute atomic E-state index is 12.8. The number of hydrogen-bond donors (Lipinski definition) is 0. The van der Waals surface area contributed by atoms with Crippen LogP contribution in [0.15, 0.2) is 134 Å². The van der Waals surface area contributed by atoms with Crippen molar-refractivity contribution in [2.24, 2.45) is 0 Å². The van der Waals surface area contributed by atoms with Crippen molar-refractivity contribution in [1.82, 2.24) is 0 Å². The molecule has 0 bridgehead atoms. The van der Waals surface area contributed by atoms with E-state index < -0.39 is 6.10 Å². The van der Waals surface area contributed by atoms with Crippen molar-refractivity contribution in [2.45, 2.75) is 219 Å². The van der Waals surface area contributed by atoms with Gasteiger partial charge in [-0.1, -0.05) is 251 Å². The van der Waals surface area contributed by atoms with E-state index in [2.05, 4.69) is 63.3 Å². The summed E-state index contributed by atoms with van der Waals surface area (Å²) in [4.78, 5) is 38.0. The number of hydrogen-bond acceptors (Lipinski definition) is 6. The first-order valence-electron chi connectivity index (χ1n) is 26.8. The number of rotatable bonds is 46. The second kappa shape index (κ2) is 54.2. The van der Waals surface area contributed by atoms with Gasteiger partial charge in [-0.25, -0.2) is 0 Å². The van der Waals surface area contributed by atoms with Crippen LogP contribution in [0.2, 0.25) is 0 Å². The van der Waals surface area contributed by atoms with E-state index in [0.29, 0.717) is 19.3 Å². The largest absolute Gasteiger partial charge is 0.462 e. The Morgan fingerprint density at radius 3 is 1.07 bits per heavy atom. The normalized spacial score (nSPS) is 13.2. The third kappa shape index (κ3) is 52.4. The molecule has 0 aliphatic rings. The van der Waals surface area contributed by atoms with Crippen molar-refractivity contribution >= 4 is 17.9 Å². The lowest BCUT2D eigenvalue weighted by molar-refractivity contribution is -0.167. The van der Waals surface area contributed by atoms with E-state index in [1.165, 1.54) is 77.0 Å². The van der Waals surface area contributed by atoms with Crippen molar-refractivity contribution in [3.8, 4) is 0 Å². The molecule has 0 aliphatic carbocycles. The number of esters is 3. The number of carbonyl (C=O) groups excluding carboxylic acids is 3. The molecule has 0 saturated carbocycles. The van der Waals surface area contributed by atoms with E-state index in [0.717, 1.165) is 89.9 Å². The van der Waals surface area contributed by atoms with Crippen LogP contribution in [0.3, 0.4) is 0 Å². The van der Waals surface area contributed by atoms with Crippen LogP contribution in [0, 0.1) is 0 Å². The fourth-order valence-corrected chi connectivity index (χ4v) is 6.85. The highest BCUT2D eigenvalue weighted by molar-refractivity contribution is 5.71. The van der Waals surface area contributed by atoms with Crippen LogP contribution in [0.5, 0.6) is 0 Å². The Bertz CT molecular complexity index is 1480. The summed E-state index contributed by atoms with van der Waals surface area (Å²) < 4.78 is 16.7. The summed E-state index contributed by atoms with van der Waals surface area (Å²) >= 11 is 0. The summed E-state index contributed by atoms with van der Waals surface area (Å²) in [6.07, 6.45) is 75.8. The van der Waals surface area contributed by atoms with Gasteiger partial charge in [-0.05, 0) is 77.0 Å². The first-order valence-corrected chi connectivity index (χ1v) is 26.8. The smallest absolute Gasteiger partial charge is 0.306 e. The highest BCUT2D eigenvalue weighted by atomic mass is 16.6. The molecule has 0 N–H and O–H groups in total. The average Bonchev–Trinajstić information content (AvgIpc) is 3.33. The second-order valence-electron chi connectivity index (χ2n) is 17.3. The van der Waals surface area contributed by atoms with Crippen LogP contribution in [0.4, 0.5) is 0 Å². The van der Waals surface area contributed by atoms with Gasteiger partial charge in [-0.3, -0.25) is 14.4 Å². The first-order chi connectivity index (χ1) is 33.0. The Hall–Kier alpha value is -4.45. The van der Waals surface area contributed by atoms with Crippen LogP contribution in [0.1, 0.15) is 213 Å². The van der Waals surface area contributed by atoms with Gasteiger partial charge < -0.3 is 14.2 Å². The molecule has 6 heteroatoms. The zero-order chi connectivity index (χ0) is 48.6. The summed E-state index contributed by atoms with van der Waals surface area (Å²) in [5, 5.41) is 0. The summed E-state index contributed by atoms with van der Waals surface area (Å²) in [5.41, 5.74) is 0. The van der Waals surface area contributed by atoms with Crippen molar-refractivity contribution < 1.29 is 28.6 Å². The van der Waals surface area contributed by atoms with Crippen LogP contribution >= 0.6 is 0 Å². The zero-order valence-corrected chi connectivity index (χ0v) is 42.9. The molecule has 0 aromatic rings. The monoisotopic (exact) mass is 925 g/mol. The topological polar surface area (TPSA) is 78.9 Å². The van der Waals surface area contributed by atoms with Gasteiger partial charge in [-0.15, -0.1) is 0 Å². The first kappa shape index (κ1) is 62.5. The molecule has 67 heavy (non-hydrogen) atoms. The van der Waals surface area contributed by atoms with Gasteiger partial charge in [-0.2, -0.15) is 0 Å². The van der Waals surface area contributed by atoms with Crippen molar-refractivity contribution in [2.75, 3.05) is 13.2 Å². The van der Waals surface area contributed by atoms with E-state index in [9.17, 15) is 14.4 Å².